The molecule has 1 aliphatic carbocycles. The van der Waals surface area contributed by atoms with Crippen LogP contribution >= 0.6 is 0 Å². The third-order valence-electron chi connectivity index (χ3n) is 4.69. The van der Waals surface area contributed by atoms with Gasteiger partial charge in [-0.25, -0.2) is 0 Å². The molecule has 1 atom stereocenters. The van der Waals surface area contributed by atoms with Gasteiger partial charge in [0.1, 0.15) is 6.04 Å². The Kier molecular flexibility index (Phi) is 3.22. The monoisotopic (exact) mass is 340 g/mol. The molecule has 0 spiro atoms. The van der Waals surface area contributed by atoms with Gasteiger partial charge >= 0.3 is 0 Å². The summed E-state index contributed by atoms with van der Waals surface area (Å²) < 4.78 is 15.9. The average molecular weight is 340 g/mol. The first-order valence-electron chi connectivity index (χ1n) is 8.44. The largest absolute Gasteiger partial charge is 0.461 e. The Bertz CT molecular complexity index is 894. The van der Waals surface area contributed by atoms with Crippen LogP contribution in [0.5, 0.6) is 0 Å². The third-order valence-corrected chi connectivity index (χ3v) is 4.69. The van der Waals surface area contributed by atoms with Crippen molar-refractivity contribution in [1.29, 1.82) is 0 Å². The van der Waals surface area contributed by atoms with Gasteiger partial charge in [0.2, 0.25) is 11.7 Å². The number of rotatable bonds is 4. The molecule has 3 aromatic heterocycles. The van der Waals surface area contributed by atoms with E-state index in [2.05, 4.69) is 15.3 Å². The van der Waals surface area contributed by atoms with E-state index in [-0.39, 0.29) is 17.6 Å². The van der Waals surface area contributed by atoms with Crippen LogP contribution in [-0.4, -0.2) is 32.6 Å². The van der Waals surface area contributed by atoms with E-state index in [0.717, 1.165) is 31.5 Å². The molecule has 0 N–H and O–H groups in total. The molecule has 0 bridgehead atoms. The zero-order valence-electron chi connectivity index (χ0n) is 13.4. The first-order valence-corrected chi connectivity index (χ1v) is 8.44. The predicted octanol–water partition coefficient (Wildman–Crippen LogP) is 3.17. The van der Waals surface area contributed by atoms with E-state index in [1.54, 1.807) is 29.4 Å². The van der Waals surface area contributed by atoms with Crippen LogP contribution in [0, 0.1) is 0 Å². The highest BCUT2D eigenvalue weighted by atomic mass is 16.5. The van der Waals surface area contributed by atoms with Crippen molar-refractivity contribution in [2.24, 2.45) is 0 Å². The first kappa shape index (κ1) is 14.4. The standard InChI is InChI=1S/C17H16N4O4/c22-17(11-9-14(24-19-11)13-4-2-8-23-13)21-7-1-3-12(21)16-18-15(20-25-16)10-5-6-10/h2,4,8-10,12H,1,3,5-7H2. The predicted molar refractivity (Wildman–Crippen MR) is 83.5 cm³/mol. The highest BCUT2D eigenvalue weighted by Crippen LogP contribution is 2.40. The van der Waals surface area contributed by atoms with Crippen LogP contribution in [0.2, 0.25) is 0 Å². The van der Waals surface area contributed by atoms with Gasteiger partial charge in [-0.05, 0) is 37.8 Å². The van der Waals surface area contributed by atoms with Gasteiger partial charge in [-0.3, -0.25) is 4.79 Å². The van der Waals surface area contributed by atoms with Crippen molar-refractivity contribution in [3.63, 3.8) is 0 Å². The maximum atomic E-state index is 12.8. The molecule has 0 aromatic carbocycles. The average Bonchev–Trinajstić information content (AvgIpc) is 3.16. The van der Waals surface area contributed by atoms with Gasteiger partial charge in [0.05, 0.1) is 6.26 Å². The van der Waals surface area contributed by atoms with Crippen LogP contribution in [-0.2, 0) is 0 Å². The summed E-state index contributed by atoms with van der Waals surface area (Å²) in [5.74, 6) is 2.47. The summed E-state index contributed by atoms with van der Waals surface area (Å²) in [6.07, 6.45) is 5.46. The second-order valence-corrected chi connectivity index (χ2v) is 6.48. The molecule has 128 valence electrons. The SMILES string of the molecule is O=C(c1cc(-c2ccco2)on1)N1CCCC1c1nc(C2CC2)no1. The fourth-order valence-corrected chi connectivity index (χ4v) is 3.21. The summed E-state index contributed by atoms with van der Waals surface area (Å²) >= 11 is 0. The molecule has 1 unspecified atom stereocenters. The van der Waals surface area contributed by atoms with Crippen molar-refractivity contribution in [1.82, 2.24) is 20.2 Å². The summed E-state index contributed by atoms with van der Waals surface area (Å²) in [5.41, 5.74) is 0.250. The number of hydrogen-bond donors (Lipinski definition) is 0. The van der Waals surface area contributed by atoms with Gasteiger partial charge in [-0.2, -0.15) is 4.98 Å². The molecule has 1 saturated carbocycles. The number of likely N-dealkylation sites (tertiary alicyclic amines) is 1. The molecule has 2 aliphatic rings. The van der Waals surface area contributed by atoms with Crippen LogP contribution in [0.15, 0.2) is 37.9 Å². The van der Waals surface area contributed by atoms with Crippen molar-refractivity contribution in [3.8, 4) is 11.5 Å². The van der Waals surface area contributed by atoms with Crippen molar-refractivity contribution < 1.29 is 18.3 Å². The maximum absolute atomic E-state index is 12.8. The number of amides is 1. The summed E-state index contributed by atoms with van der Waals surface area (Å²) in [7, 11) is 0. The van der Waals surface area contributed by atoms with Crippen molar-refractivity contribution in [2.75, 3.05) is 6.54 Å². The Morgan fingerprint density at radius 2 is 2.08 bits per heavy atom. The highest BCUT2D eigenvalue weighted by molar-refractivity contribution is 5.93. The zero-order chi connectivity index (χ0) is 16.8. The fraction of sp³-hybridized carbons (Fsp3) is 0.412. The second-order valence-electron chi connectivity index (χ2n) is 6.48. The number of carbonyl (C=O) groups is 1. The van der Waals surface area contributed by atoms with E-state index in [1.165, 1.54) is 0 Å². The van der Waals surface area contributed by atoms with E-state index in [4.69, 9.17) is 13.5 Å². The van der Waals surface area contributed by atoms with Crippen molar-refractivity contribution in [3.05, 3.63) is 41.9 Å². The van der Waals surface area contributed by atoms with Gasteiger partial charge < -0.3 is 18.4 Å². The smallest absolute Gasteiger partial charge is 0.276 e. The quantitative estimate of drug-likeness (QED) is 0.719. The molecule has 1 amide bonds. The van der Waals surface area contributed by atoms with E-state index in [0.29, 0.717) is 29.9 Å². The molecule has 25 heavy (non-hydrogen) atoms. The zero-order valence-corrected chi connectivity index (χ0v) is 13.4. The summed E-state index contributed by atoms with van der Waals surface area (Å²) in [6.45, 7) is 0.633. The van der Waals surface area contributed by atoms with Gasteiger partial charge in [-0.1, -0.05) is 10.3 Å². The molecule has 3 aromatic rings. The lowest BCUT2D eigenvalue weighted by molar-refractivity contribution is 0.0699. The molecule has 8 nitrogen and oxygen atoms in total. The second kappa shape index (κ2) is 5.58. The summed E-state index contributed by atoms with van der Waals surface area (Å²) in [4.78, 5) is 19.1. The van der Waals surface area contributed by atoms with Crippen molar-refractivity contribution >= 4 is 5.91 Å². The molecule has 5 rings (SSSR count). The van der Waals surface area contributed by atoms with E-state index < -0.39 is 0 Å². The van der Waals surface area contributed by atoms with Crippen LogP contribution in [0.25, 0.3) is 11.5 Å². The summed E-state index contributed by atoms with van der Waals surface area (Å²) in [5, 5.41) is 7.95. The number of nitrogens with zero attached hydrogens (tertiary/aromatic N) is 4. The number of aromatic nitrogens is 3. The topological polar surface area (TPSA) is 98.4 Å². The Morgan fingerprint density at radius 1 is 1.16 bits per heavy atom. The van der Waals surface area contributed by atoms with Gasteiger partial charge in [0.25, 0.3) is 5.91 Å². The fourth-order valence-electron chi connectivity index (χ4n) is 3.21. The molecule has 8 heteroatoms. The minimum Gasteiger partial charge on any atom is -0.461 e. The van der Waals surface area contributed by atoms with Crippen LogP contribution in [0.3, 0.4) is 0 Å². The molecule has 4 heterocycles. The Hall–Kier alpha value is -2.90. The maximum Gasteiger partial charge on any atom is 0.276 e. The minimum atomic E-state index is -0.199. The lowest BCUT2D eigenvalue weighted by atomic mass is 10.2. The minimum absolute atomic E-state index is 0.198. The Labute approximate surface area is 142 Å². The molecule has 1 aliphatic heterocycles. The molecular weight excluding hydrogens is 324 g/mol. The Morgan fingerprint density at radius 3 is 2.88 bits per heavy atom. The van der Waals surface area contributed by atoms with Gasteiger partial charge in [-0.15, -0.1) is 0 Å². The van der Waals surface area contributed by atoms with Crippen LogP contribution in [0.1, 0.15) is 59.8 Å². The van der Waals surface area contributed by atoms with Crippen molar-refractivity contribution in [2.45, 2.75) is 37.6 Å². The first-order chi connectivity index (χ1) is 12.3. The highest BCUT2D eigenvalue weighted by Gasteiger charge is 2.37. The lowest BCUT2D eigenvalue weighted by Gasteiger charge is -2.20. The van der Waals surface area contributed by atoms with Crippen LogP contribution < -0.4 is 0 Å². The third kappa shape index (κ3) is 2.54. The number of carbonyl (C=O) groups excluding carboxylic acids is 1. The van der Waals surface area contributed by atoms with E-state index in [9.17, 15) is 4.79 Å². The van der Waals surface area contributed by atoms with Gasteiger partial charge in [0.15, 0.2) is 17.3 Å². The van der Waals surface area contributed by atoms with Crippen LogP contribution in [0.4, 0.5) is 0 Å². The number of furan rings is 1. The van der Waals surface area contributed by atoms with Gasteiger partial charge in [0, 0.05) is 18.5 Å². The molecule has 1 saturated heterocycles. The molecular formula is C17H16N4O4. The van der Waals surface area contributed by atoms with E-state index in [1.807, 2.05) is 0 Å². The summed E-state index contributed by atoms with van der Waals surface area (Å²) in [6, 6.07) is 4.91. The number of hydrogen-bond acceptors (Lipinski definition) is 7. The lowest BCUT2D eigenvalue weighted by Crippen LogP contribution is -2.31. The normalized spacial score (nSPS) is 20.3. The molecule has 2 fully saturated rings. The van der Waals surface area contributed by atoms with E-state index >= 15 is 0 Å². The Balaban J connectivity index is 1.38. The molecule has 0 radical (unpaired) electrons.